The van der Waals surface area contributed by atoms with Crippen LogP contribution in [0.1, 0.15) is 46.1 Å². The van der Waals surface area contributed by atoms with E-state index in [9.17, 15) is 0 Å². The summed E-state index contributed by atoms with van der Waals surface area (Å²) in [5, 5.41) is 3.34. The van der Waals surface area contributed by atoms with Crippen LogP contribution in [0.3, 0.4) is 0 Å². The van der Waals surface area contributed by atoms with Crippen molar-refractivity contribution in [3.05, 3.63) is 23.8 Å². The van der Waals surface area contributed by atoms with Crippen LogP contribution in [0.5, 0.6) is 0 Å². The molecular formula is C13H23N3O. The normalized spacial score (nSPS) is 12.1. The Labute approximate surface area is 104 Å². The minimum atomic E-state index is -0.428. The van der Waals surface area contributed by atoms with E-state index in [1.54, 1.807) is 6.20 Å². The van der Waals surface area contributed by atoms with Crippen LogP contribution in [0.25, 0.3) is 0 Å². The predicted octanol–water partition coefficient (Wildman–Crippen LogP) is 2.25. The van der Waals surface area contributed by atoms with Gasteiger partial charge in [-0.2, -0.15) is 0 Å². The van der Waals surface area contributed by atoms with Crippen molar-refractivity contribution in [2.24, 2.45) is 0 Å². The molecule has 4 heteroatoms. The van der Waals surface area contributed by atoms with E-state index in [-0.39, 0.29) is 0 Å². The lowest BCUT2D eigenvalue weighted by atomic mass is 10.1. The molecule has 1 aromatic rings. The highest BCUT2D eigenvalue weighted by atomic mass is 16.5. The first-order chi connectivity index (χ1) is 7.95. The van der Waals surface area contributed by atoms with E-state index in [4.69, 9.17) is 4.74 Å². The molecule has 0 bridgehead atoms. The average Bonchev–Trinajstić information content (AvgIpc) is 2.27. The molecule has 0 spiro atoms. The summed E-state index contributed by atoms with van der Waals surface area (Å²) in [6.45, 7) is 11.6. The van der Waals surface area contributed by atoms with Crippen LogP contribution < -0.4 is 5.32 Å². The van der Waals surface area contributed by atoms with Gasteiger partial charge in [-0.25, -0.2) is 9.97 Å². The Morgan fingerprint density at radius 1 is 1.41 bits per heavy atom. The van der Waals surface area contributed by atoms with Gasteiger partial charge in [0.2, 0.25) is 0 Å². The van der Waals surface area contributed by atoms with E-state index < -0.39 is 5.60 Å². The number of ether oxygens (including phenoxy) is 1. The van der Waals surface area contributed by atoms with Crippen molar-refractivity contribution in [1.82, 2.24) is 15.3 Å². The summed E-state index contributed by atoms with van der Waals surface area (Å²) < 4.78 is 5.65. The van der Waals surface area contributed by atoms with Gasteiger partial charge in [0, 0.05) is 25.4 Å². The zero-order valence-electron chi connectivity index (χ0n) is 11.4. The van der Waals surface area contributed by atoms with Crippen molar-refractivity contribution in [1.29, 1.82) is 0 Å². The van der Waals surface area contributed by atoms with E-state index in [0.29, 0.717) is 12.6 Å². The van der Waals surface area contributed by atoms with Gasteiger partial charge in [0.25, 0.3) is 0 Å². The Morgan fingerprint density at radius 3 is 2.71 bits per heavy atom. The van der Waals surface area contributed by atoms with E-state index in [1.165, 1.54) is 0 Å². The molecule has 1 heterocycles. The monoisotopic (exact) mass is 237 g/mol. The van der Waals surface area contributed by atoms with Gasteiger partial charge in [0.15, 0.2) is 5.82 Å². The predicted molar refractivity (Wildman–Crippen MR) is 68.7 cm³/mol. The lowest BCUT2D eigenvalue weighted by molar-refractivity contribution is -0.0209. The second-order valence-corrected chi connectivity index (χ2v) is 4.85. The molecule has 0 aliphatic heterocycles. The van der Waals surface area contributed by atoms with Crippen molar-refractivity contribution >= 4 is 0 Å². The number of nitrogens with zero attached hydrogens (tertiary/aromatic N) is 2. The topological polar surface area (TPSA) is 47.0 Å². The first kappa shape index (κ1) is 14.1. The van der Waals surface area contributed by atoms with Gasteiger partial charge in [0.05, 0.1) is 5.69 Å². The Bertz CT molecular complexity index is 350. The van der Waals surface area contributed by atoms with Gasteiger partial charge < -0.3 is 10.1 Å². The molecule has 4 nitrogen and oxygen atoms in total. The summed E-state index contributed by atoms with van der Waals surface area (Å²) in [6.07, 6.45) is 1.79. The summed E-state index contributed by atoms with van der Waals surface area (Å²) in [5.41, 5.74) is 0.569. The van der Waals surface area contributed by atoms with E-state index in [0.717, 1.165) is 18.1 Å². The van der Waals surface area contributed by atoms with Gasteiger partial charge in [-0.3, -0.25) is 0 Å². The van der Waals surface area contributed by atoms with Crippen molar-refractivity contribution < 1.29 is 4.74 Å². The van der Waals surface area contributed by atoms with E-state index in [2.05, 4.69) is 29.1 Å². The summed E-state index contributed by atoms with van der Waals surface area (Å²) in [5.74, 6) is 0.738. The maximum Gasteiger partial charge on any atom is 0.159 e. The summed E-state index contributed by atoms with van der Waals surface area (Å²) in [7, 11) is 0. The Morgan fingerprint density at radius 2 is 2.12 bits per heavy atom. The second-order valence-electron chi connectivity index (χ2n) is 4.85. The minimum absolute atomic E-state index is 0.428. The molecule has 17 heavy (non-hydrogen) atoms. The average molecular weight is 237 g/mol. The maximum atomic E-state index is 5.65. The standard InChI is InChI=1S/C13H23N3O/c1-6-17-13(4,5)12-14-8-7-11(16-12)9-15-10(2)3/h7-8,10,15H,6,9H2,1-5H3. The lowest BCUT2D eigenvalue weighted by Crippen LogP contribution is -2.27. The molecule has 0 fully saturated rings. The zero-order valence-corrected chi connectivity index (χ0v) is 11.4. The number of hydrogen-bond acceptors (Lipinski definition) is 4. The van der Waals surface area contributed by atoms with Crippen molar-refractivity contribution in [3.63, 3.8) is 0 Å². The molecule has 1 aromatic heterocycles. The molecule has 0 radical (unpaired) electrons. The Hall–Kier alpha value is -1.00. The van der Waals surface area contributed by atoms with Crippen LogP contribution in [-0.2, 0) is 16.9 Å². The molecule has 1 N–H and O–H groups in total. The Kier molecular flexibility index (Phi) is 5.02. The van der Waals surface area contributed by atoms with Gasteiger partial charge in [-0.1, -0.05) is 13.8 Å². The van der Waals surface area contributed by atoms with Crippen LogP contribution in [-0.4, -0.2) is 22.6 Å². The van der Waals surface area contributed by atoms with Gasteiger partial charge in [-0.05, 0) is 26.8 Å². The highest BCUT2D eigenvalue weighted by Gasteiger charge is 2.24. The summed E-state index contributed by atoms with van der Waals surface area (Å²) in [6, 6.07) is 2.38. The molecular weight excluding hydrogens is 214 g/mol. The minimum Gasteiger partial charge on any atom is -0.368 e. The van der Waals surface area contributed by atoms with Crippen LogP contribution >= 0.6 is 0 Å². The van der Waals surface area contributed by atoms with E-state index >= 15 is 0 Å². The summed E-state index contributed by atoms with van der Waals surface area (Å²) >= 11 is 0. The second kappa shape index (κ2) is 6.07. The van der Waals surface area contributed by atoms with Crippen molar-refractivity contribution in [2.45, 2.75) is 52.8 Å². The highest BCUT2D eigenvalue weighted by Crippen LogP contribution is 2.20. The third kappa shape index (κ3) is 4.40. The van der Waals surface area contributed by atoms with Crippen molar-refractivity contribution in [2.75, 3.05) is 6.61 Å². The molecule has 0 aliphatic rings. The van der Waals surface area contributed by atoms with Crippen molar-refractivity contribution in [3.8, 4) is 0 Å². The van der Waals surface area contributed by atoms with Crippen LogP contribution in [0.15, 0.2) is 12.3 Å². The fraction of sp³-hybridized carbons (Fsp3) is 0.692. The molecule has 1 rings (SSSR count). The third-order valence-corrected chi connectivity index (χ3v) is 2.45. The molecule has 96 valence electrons. The lowest BCUT2D eigenvalue weighted by Gasteiger charge is -2.23. The number of rotatable bonds is 6. The molecule has 0 saturated heterocycles. The molecule has 0 unspecified atom stereocenters. The first-order valence-electron chi connectivity index (χ1n) is 6.15. The zero-order chi connectivity index (χ0) is 12.9. The fourth-order valence-electron chi connectivity index (χ4n) is 1.52. The molecule has 0 aliphatic carbocycles. The summed E-state index contributed by atoms with van der Waals surface area (Å²) in [4.78, 5) is 8.83. The van der Waals surface area contributed by atoms with Gasteiger partial charge >= 0.3 is 0 Å². The Balaban J connectivity index is 2.78. The number of hydrogen-bond donors (Lipinski definition) is 1. The van der Waals surface area contributed by atoms with Gasteiger partial charge in [0.1, 0.15) is 5.60 Å². The molecule has 0 saturated carbocycles. The quantitative estimate of drug-likeness (QED) is 0.824. The van der Waals surface area contributed by atoms with Crippen LogP contribution in [0.4, 0.5) is 0 Å². The largest absolute Gasteiger partial charge is 0.368 e. The van der Waals surface area contributed by atoms with E-state index in [1.807, 2.05) is 26.8 Å². The van der Waals surface area contributed by atoms with Crippen LogP contribution in [0, 0.1) is 0 Å². The molecule has 0 aromatic carbocycles. The smallest absolute Gasteiger partial charge is 0.159 e. The third-order valence-electron chi connectivity index (χ3n) is 2.45. The highest BCUT2D eigenvalue weighted by molar-refractivity contribution is 5.07. The van der Waals surface area contributed by atoms with Crippen LogP contribution in [0.2, 0.25) is 0 Å². The number of nitrogens with one attached hydrogen (secondary N) is 1. The maximum absolute atomic E-state index is 5.65. The van der Waals surface area contributed by atoms with Gasteiger partial charge in [-0.15, -0.1) is 0 Å². The molecule has 0 amide bonds. The number of aromatic nitrogens is 2. The first-order valence-corrected chi connectivity index (χ1v) is 6.15. The fourth-order valence-corrected chi connectivity index (χ4v) is 1.52. The SMILES string of the molecule is CCOC(C)(C)c1nccc(CNC(C)C)n1. The molecule has 0 atom stereocenters.